The Kier molecular flexibility index (Phi) is 4.79. The van der Waals surface area contributed by atoms with Gasteiger partial charge < -0.3 is 14.6 Å². The van der Waals surface area contributed by atoms with E-state index in [1.807, 2.05) is 18.2 Å². The number of hydrogen-bond acceptors (Lipinski definition) is 3. The highest BCUT2D eigenvalue weighted by molar-refractivity contribution is 5.95. The van der Waals surface area contributed by atoms with Crippen molar-refractivity contribution in [3.8, 4) is 17.2 Å². The van der Waals surface area contributed by atoms with Crippen LogP contribution >= 0.6 is 0 Å². The fourth-order valence-electron chi connectivity index (χ4n) is 3.30. The van der Waals surface area contributed by atoms with Crippen LogP contribution in [0.25, 0.3) is 11.1 Å². The summed E-state index contributed by atoms with van der Waals surface area (Å²) >= 11 is 0. The quantitative estimate of drug-likeness (QED) is 0.813. The maximum Gasteiger partial charge on any atom is 0.131 e. The topological polar surface area (TPSA) is 38.7 Å². The molecular formula is C21H24O3. The number of phenolic OH excluding ortho intramolecular Hbond substituents is 1. The predicted octanol–water partition coefficient (Wildman–Crippen LogP) is 5.28. The number of benzene rings is 2. The number of ether oxygens (including phenoxy) is 2. The van der Waals surface area contributed by atoms with Gasteiger partial charge in [-0.15, -0.1) is 0 Å². The van der Waals surface area contributed by atoms with Crippen molar-refractivity contribution in [2.45, 2.75) is 39.2 Å². The highest BCUT2D eigenvalue weighted by Crippen LogP contribution is 2.43. The van der Waals surface area contributed by atoms with Crippen molar-refractivity contribution >= 4 is 11.1 Å². The molecule has 0 spiro atoms. The van der Waals surface area contributed by atoms with Gasteiger partial charge >= 0.3 is 0 Å². The number of fused-ring (bicyclic) bond motifs is 1. The van der Waals surface area contributed by atoms with Gasteiger partial charge in [-0.3, -0.25) is 0 Å². The number of unbranched alkanes of at least 4 members (excludes halogenated alkanes) is 1. The van der Waals surface area contributed by atoms with Crippen molar-refractivity contribution in [3.05, 3.63) is 53.6 Å². The van der Waals surface area contributed by atoms with Crippen LogP contribution in [0.15, 0.2) is 42.5 Å². The Bertz CT molecular complexity index is 744. The van der Waals surface area contributed by atoms with Crippen molar-refractivity contribution in [3.63, 3.8) is 0 Å². The number of hydrogen-bond donors (Lipinski definition) is 1. The maximum absolute atomic E-state index is 9.77. The molecule has 1 heterocycles. The monoisotopic (exact) mass is 324 g/mol. The van der Waals surface area contributed by atoms with E-state index < -0.39 is 0 Å². The third-order valence-corrected chi connectivity index (χ3v) is 4.51. The molecular weight excluding hydrogens is 300 g/mol. The lowest BCUT2D eigenvalue weighted by Gasteiger charge is -2.30. The molecule has 0 fully saturated rings. The summed E-state index contributed by atoms with van der Waals surface area (Å²) < 4.78 is 11.4. The first kappa shape index (κ1) is 16.4. The van der Waals surface area contributed by atoms with Gasteiger partial charge in [0.2, 0.25) is 0 Å². The molecule has 0 amide bonds. The van der Waals surface area contributed by atoms with Gasteiger partial charge in [0.1, 0.15) is 23.4 Å². The Labute approximate surface area is 143 Å². The summed E-state index contributed by atoms with van der Waals surface area (Å²) in [5.41, 5.74) is 4.79. The van der Waals surface area contributed by atoms with Gasteiger partial charge in [0, 0.05) is 17.2 Å². The second-order valence-corrected chi connectivity index (χ2v) is 6.16. The van der Waals surface area contributed by atoms with Crippen LogP contribution in [0.3, 0.4) is 0 Å². The van der Waals surface area contributed by atoms with Crippen LogP contribution in [0.2, 0.25) is 0 Å². The molecule has 0 saturated heterocycles. The normalized spacial score (nSPS) is 16.5. The zero-order chi connectivity index (χ0) is 17.1. The summed E-state index contributed by atoms with van der Waals surface area (Å²) in [4.78, 5) is 0. The fraction of sp³-hybridized carbons (Fsp3) is 0.333. The zero-order valence-electron chi connectivity index (χ0n) is 14.5. The van der Waals surface area contributed by atoms with Gasteiger partial charge in [0.05, 0.1) is 7.11 Å². The smallest absolute Gasteiger partial charge is 0.131 e. The van der Waals surface area contributed by atoms with Gasteiger partial charge in [-0.2, -0.15) is 0 Å². The second-order valence-electron chi connectivity index (χ2n) is 6.16. The maximum atomic E-state index is 9.77. The summed E-state index contributed by atoms with van der Waals surface area (Å²) in [5, 5.41) is 9.77. The molecule has 3 heteroatoms. The molecule has 0 aliphatic carbocycles. The fourth-order valence-corrected chi connectivity index (χ4v) is 3.30. The van der Waals surface area contributed by atoms with E-state index in [1.165, 1.54) is 11.1 Å². The summed E-state index contributed by atoms with van der Waals surface area (Å²) in [7, 11) is 1.68. The van der Waals surface area contributed by atoms with E-state index in [9.17, 15) is 5.11 Å². The summed E-state index contributed by atoms with van der Waals surface area (Å²) in [6.07, 6.45) is 3.22. The molecule has 126 valence electrons. The predicted molar refractivity (Wildman–Crippen MR) is 97.5 cm³/mol. The lowest BCUT2D eigenvalue weighted by Crippen LogP contribution is -2.20. The molecule has 1 atom stereocenters. The Morgan fingerprint density at radius 2 is 1.88 bits per heavy atom. The number of allylic oxidation sites excluding steroid dienone is 1. The Hall–Kier alpha value is -2.42. The van der Waals surface area contributed by atoms with Crippen LogP contribution in [0.5, 0.6) is 17.2 Å². The average Bonchev–Trinajstić information content (AvgIpc) is 2.59. The molecule has 1 aliphatic heterocycles. The van der Waals surface area contributed by atoms with Crippen LogP contribution in [0.4, 0.5) is 0 Å². The zero-order valence-corrected chi connectivity index (χ0v) is 14.5. The van der Waals surface area contributed by atoms with Crippen LogP contribution < -0.4 is 9.47 Å². The van der Waals surface area contributed by atoms with Crippen molar-refractivity contribution in [1.29, 1.82) is 0 Å². The van der Waals surface area contributed by atoms with Crippen molar-refractivity contribution in [2.75, 3.05) is 7.11 Å². The van der Waals surface area contributed by atoms with E-state index >= 15 is 0 Å². The van der Waals surface area contributed by atoms with E-state index in [2.05, 4.69) is 26.0 Å². The SMILES string of the molecule is CCCCC1=C(c2ccc(OC)cc2)C(C)Oc2cc(O)ccc21. The minimum atomic E-state index is -0.0560. The first-order chi connectivity index (χ1) is 11.6. The highest BCUT2D eigenvalue weighted by Gasteiger charge is 2.26. The molecule has 0 bridgehead atoms. The Morgan fingerprint density at radius 1 is 1.12 bits per heavy atom. The Morgan fingerprint density at radius 3 is 2.54 bits per heavy atom. The molecule has 0 saturated carbocycles. The van der Waals surface area contributed by atoms with Gasteiger partial charge in [-0.25, -0.2) is 0 Å². The lowest BCUT2D eigenvalue weighted by atomic mass is 9.86. The lowest BCUT2D eigenvalue weighted by molar-refractivity contribution is 0.272. The largest absolute Gasteiger partial charge is 0.508 e. The standard InChI is InChI=1S/C21H24O3/c1-4-5-6-19-18-12-9-16(22)13-20(18)24-14(2)21(19)15-7-10-17(23-3)11-8-15/h7-14,22H,4-6H2,1-3H3. The van der Waals surface area contributed by atoms with Gasteiger partial charge in [-0.05, 0) is 55.2 Å². The average molecular weight is 324 g/mol. The van der Waals surface area contributed by atoms with Gasteiger partial charge in [0.15, 0.2) is 0 Å². The molecule has 0 aromatic heterocycles. The number of phenols is 1. The summed E-state index contributed by atoms with van der Waals surface area (Å²) in [5.74, 6) is 1.86. The van der Waals surface area contributed by atoms with E-state index in [1.54, 1.807) is 19.2 Å². The summed E-state index contributed by atoms with van der Waals surface area (Å²) in [6, 6.07) is 13.6. The minimum absolute atomic E-state index is 0.0560. The molecule has 1 N–H and O–H groups in total. The molecule has 2 aromatic rings. The van der Waals surface area contributed by atoms with Crippen LogP contribution in [0, 0.1) is 0 Å². The number of methoxy groups -OCH3 is 1. The molecule has 1 unspecified atom stereocenters. The minimum Gasteiger partial charge on any atom is -0.508 e. The van der Waals surface area contributed by atoms with Gasteiger partial charge in [-0.1, -0.05) is 25.5 Å². The van der Waals surface area contributed by atoms with Crippen molar-refractivity contribution < 1.29 is 14.6 Å². The molecule has 3 nitrogen and oxygen atoms in total. The highest BCUT2D eigenvalue weighted by atomic mass is 16.5. The third-order valence-electron chi connectivity index (χ3n) is 4.51. The molecule has 0 radical (unpaired) electrons. The van der Waals surface area contributed by atoms with E-state index in [0.717, 1.165) is 41.9 Å². The molecule has 2 aromatic carbocycles. The third kappa shape index (κ3) is 3.12. The van der Waals surface area contributed by atoms with E-state index in [-0.39, 0.29) is 11.9 Å². The molecule has 3 rings (SSSR count). The molecule has 1 aliphatic rings. The second kappa shape index (κ2) is 7.00. The van der Waals surface area contributed by atoms with Crippen molar-refractivity contribution in [1.82, 2.24) is 0 Å². The van der Waals surface area contributed by atoms with Crippen LogP contribution in [0.1, 0.15) is 44.2 Å². The van der Waals surface area contributed by atoms with Crippen molar-refractivity contribution in [2.24, 2.45) is 0 Å². The number of aromatic hydroxyl groups is 1. The van der Waals surface area contributed by atoms with Crippen LogP contribution in [-0.2, 0) is 0 Å². The first-order valence-corrected chi connectivity index (χ1v) is 8.51. The first-order valence-electron chi connectivity index (χ1n) is 8.51. The molecule has 24 heavy (non-hydrogen) atoms. The Balaban J connectivity index is 2.13. The van der Waals surface area contributed by atoms with E-state index in [4.69, 9.17) is 9.47 Å². The van der Waals surface area contributed by atoms with Gasteiger partial charge in [0.25, 0.3) is 0 Å². The summed E-state index contributed by atoms with van der Waals surface area (Å²) in [6.45, 7) is 4.27. The van der Waals surface area contributed by atoms with E-state index in [0.29, 0.717) is 0 Å². The number of rotatable bonds is 5. The van der Waals surface area contributed by atoms with Crippen LogP contribution in [-0.4, -0.2) is 18.3 Å².